The Bertz CT molecular complexity index is 680. The number of benzene rings is 1. The van der Waals surface area contributed by atoms with Gasteiger partial charge in [-0.15, -0.1) is 0 Å². The van der Waals surface area contributed by atoms with E-state index in [0.717, 1.165) is 32.4 Å². The van der Waals surface area contributed by atoms with Crippen molar-refractivity contribution in [1.29, 1.82) is 0 Å². The van der Waals surface area contributed by atoms with Crippen molar-refractivity contribution in [2.45, 2.75) is 77.3 Å². The molecular weight excluding hydrogens is 390 g/mol. The molecule has 1 aliphatic heterocycles. The summed E-state index contributed by atoms with van der Waals surface area (Å²) in [6.07, 6.45) is 10.9. The number of ether oxygens (including phenoxy) is 1. The van der Waals surface area contributed by atoms with Crippen LogP contribution in [0.1, 0.15) is 69.4 Å². The molecule has 1 aromatic rings. The Hall–Kier alpha value is -0.990. The average molecular weight is 428 g/mol. The van der Waals surface area contributed by atoms with Crippen molar-refractivity contribution in [3.8, 4) is 0 Å². The summed E-state index contributed by atoms with van der Waals surface area (Å²) in [5.41, 5.74) is 2.58. The van der Waals surface area contributed by atoms with Crippen molar-refractivity contribution < 1.29 is 21.9 Å². The first-order valence-electron chi connectivity index (χ1n) is 11.0. The maximum Gasteiger partial charge on any atom is 0.397 e. The lowest BCUT2D eigenvalue weighted by molar-refractivity contribution is 0.0279. The molecule has 1 atom stereocenters. The van der Waals surface area contributed by atoms with E-state index in [0.29, 0.717) is 13.2 Å². The van der Waals surface area contributed by atoms with Gasteiger partial charge in [0, 0.05) is 19.7 Å². The number of rotatable bonds is 15. The summed E-state index contributed by atoms with van der Waals surface area (Å²) in [7, 11) is -4.45. The quantitative estimate of drug-likeness (QED) is 0.330. The molecule has 1 heterocycles. The third kappa shape index (κ3) is 10.0. The highest BCUT2D eigenvalue weighted by atomic mass is 32.3. The van der Waals surface area contributed by atoms with Crippen LogP contribution in [0.25, 0.3) is 0 Å². The van der Waals surface area contributed by atoms with Crippen LogP contribution in [-0.4, -0.2) is 50.3 Å². The molecule has 2 rings (SSSR count). The monoisotopic (exact) mass is 427 g/mol. The summed E-state index contributed by atoms with van der Waals surface area (Å²) in [6.45, 7) is 4.75. The van der Waals surface area contributed by atoms with Crippen LogP contribution in [-0.2, 0) is 32.3 Å². The van der Waals surface area contributed by atoms with Crippen LogP contribution >= 0.6 is 0 Å². The van der Waals surface area contributed by atoms with E-state index < -0.39 is 10.4 Å². The summed E-state index contributed by atoms with van der Waals surface area (Å²) in [6, 6.07) is 8.09. The number of hydrogen-bond donors (Lipinski definition) is 1. The molecule has 0 fully saturated rings. The van der Waals surface area contributed by atoms with Gasteiger partial charge in [-0.05, 0) is 24.0 Å². The lowest BCUT2D eigenvalue weighted by atomic mass is 9.99. The van der Waals surface area contributed by atoms with Gasteiger partial charge in [0.1, 0.15) is 0 Å². The van der Waals surface area contributed by atoms with Gasteiger partial charge in [-0.1, -0.05) is 76.1 Å². The molecule has 0 saturated heterocycles. The largest absolute Gasteiger partial charge is 0.397 e. The fourth-order valence-corrected chi connectivity index (χ4v) is 4.14. The zero-order valence-corrected chi connectivity index (χ0v) is 18.5. The molecule has 1 unspecified atom stereocenters. The maximum atomic E-state index is 11.0. The van der Waals surface area contributed by atoms with Gasteiger partial charge in [0.15, 0.2) is 0 Å². The van der Waals surface area contributed by atoms with E-state index in [4.69, 9.17) is 9.29 Å². The first kappa shape index (κ1) is 24.3. The standard InChI is InChI=1S/C22H37NO5S/c1-2-3-4-5-6-7-8-11-16-27-18-22(19-28-29(24,25)26)23-15-14-20-12-9-10-13-21(20)17-23/h9-10,12-13,22H,2-8,11,14-19H2,1H3,(H,24,25,26). The molecule has 0 radical (unpaired) electrons. The zero-order valence-electron chi connectivity index (χ0n) is 17.7. The fourth-order valence-electron chi connectivity index (χ4n) is 3.81. The highest BCUT2D eigenvalue weighted by Crippen LogP contribution is 2.21. The molecule has 1 aromatic carbocycles. The van der Waals surface area contributed by atoms with Crippen LogP contribution in [0.2, 0.25) is 0 Å². The second-order valence-corrected chi connectivity index (χ2v) is 9.00. The minimum absolute atomic E-state index is 0.0988. The topological polar surface area (TPSA) is 76.1 Å². The van der Waals surface area contributed by atoms with Crippen molar-refractivity contribution in [2.75, 3.05) is 26.4 Å². The van der Waals surface area contributed by atoms with E-state index in [-0.39, 0.29) is 12.6 Å². The van der Waals surface area contributed by atoms with Crippen LogP contribution in [0.3, 0.4) is 0 Å². The van der Waals surface area contributed by atoms with Gasteiger partial charge in [-0.2, -0.15) is 8.42 Å². The summed E-state index contributed by atoms with van der Waals surface area (Å²) in [4.78, 5) is 2.18. The second kappa shape index (κ2) is 13.3. The van der Waals surface area contributed by atoms with Gasteiger partial charge in [0.05, 0.1) is 19.3 Å². The van der Waals surface area contributed by atoms with Crippen LogP contribution in [0.4, 0.5) is 0 Å². The minimum Gasteiger partial charge on any atom is -0.380 e. The van der Waals surface area contributed by atoms with Gasteiger partial charge in [-0.25, -0.2) is 4.18 Å². The van der Waals surface area contributed by atoms with E-state index >= 15 is 0 Å². The zero-order chi connectivity index (χ0) is 21.0. The van der Waals surface area contributed by atoms with Crippen molar-refractivity contribution in [3.63, 3.8) is 0 Å². The SMILES string of the molecule is CCCCCCCCCCOCC(COS(=O)(=O)O)N1CCc2ccccc2C1. The highest BCUT2D eigenvalue weighted by Gasteiger charge is 2.25. The number of hydrogen-bond acceptors (Lipinski definition) is 5. The lowest BCUT2D eigenvalue weighted by Crippen LogP contribution is -2.45. The van der Waals surface area contributed by atoms with Gasteiger partial charge in [0.25, 0.3) is 0 Å². The van der Waals surface area contributed by atoms with Gasteiger partial charge in [0.2, 0.25) is 0 Å². The van der Waals surface area contributed by atoms with Crippen molar-refractivity contribution >= 4 is 10.4 Å². The molecule has 0 bridgehead atoms. The Labute approximate surface area is 176 Å². The number of unbranched alkanes of at least 4 members (excludes halogenated alkanes) is 7. The second-order valence-electron chi connectivity index (χ2n) is 7.91. The molecule has 0 spiro atoms. The first-order valence-corrected chi connectivity index (χ1v) is 12.4. The lowest BCUT2D eigenvalue weighted by Gasteiger charge is -2.35. The Morgan fingerprint density at radius 2 is 1.66 bits per heavy atom. The number of fused-ring (bicyclic) bond motifs is 1. The predicted octanol–water partition coefficient (Wildman–Crippen LogP) is 4.39. The Kier molecular flexibility index (Phi) is 11.2. The van der Waals surface area contributed by atoms with Crippen LogP contribution < -0.4 is 0 Å². The normalized spacial score (nSPS) is 15.9. The van der Waals surface area contributed by atoms with Crippen molar-refractivity contribution in [1.82, 2.24) is 4.90 Å². The predicted molar refractivity (Wildman–Crippen MR) is 115 cm³/mol. The van der Waals surface area contributed by atoms with Crippen LogP contribution in [0, 0.1) is 0 Å². The molecule has 1 N–H and O–H groups in total. The molecular formula is C22H37NO5S. The Balaban J connectivity index is 1.72. The van der Waals surface area contributed by atoms with Crippen molar-refractivity contribution in [3.05, 3.63) is 35.4 Å². The molecule has 6 nitrogen and oxygen atoms in total. The van der Waals surface area contributed by atoms with E-state index in [1.165, 1.54) is 49.7 Å². The third-order valence-electron chi connectivity index (χ3n) is 5.54. The van der Waals surface area contributed by atoms with E-state index in [2.05, 4.69) is 28.1 Å². The molecule has 7 heteroatoms. The maximum absolute atomic E-state index is 11.0. The summed E-state index contributed by atoms with van der Waals surface area (Å²) < 4.78 is 41.6. The molecule has 166 valence electrons. The van der Waals surface area contributed by atoms with E-state index in [1.54, 1.807) is 0 Å². The first-order chi connectivity index (χ1) is 14.0. The molecule has 29 heavy (non-hydrogen) atoms. The Morgan fingerprint density at radius 1 is 1.00 bits per heavy atom. The number of nitrogens with zero attached hydrogens (tertiary/aromatic N) is 1. The summed E-state index contributed by atoms with van der Waals surface area (Å²) in [5.74, 6) is 0. The van der Waals surface area contributed by atoms with E-state index in [9.17, 15) is 8.42 Å². The molecule has 0 aliphatic carbocycles. The van der Waals surface area contributed by atoms with Crippen LogP contribution in [0.15, 0.2) is 24.3 Å². The molecule has 0 amide bonds. The smallest absolute Gasteiger partial charge is 0.380 e. The minimum atomic E-state index is -4.45. The Morgan fingerprint density at radius 3 is 2.34 bits per heavy atom. The summed E-state index contributed by atoms with van der Waals surface area (Å²) in [5, 5.41) is 0. The average Bonchev–Trinajstić information content (AvgIpc) is 2.70. The van der Waals surface area contributed by atoms with Crippen LogP contribution in [0.5, 0.6) is 0 Å². The summed E-state index contributed by atoms with van der Waals surface area (Å²) >= 11 is 0. The molecule has 0 aromatic heterocycles. The van der Waals surface area contributed by atoms with Crippen molar-refractivity contribution in [2.24, 2.45) is 0 Å². The fraction of sp³-hybridized carbons (Fsp3) is 0.727. The molecule has 1 aliphatic rings. The van der Waals surface area contributed by atoms with Gasteiger partial charge in [-0.3, -0.25) is 9.45 Å². The third-order valence-corrected chi connectivity index (χ3v) is 5.97. The highest BCUT2D eigenvalue weighted by molar-refractivity contribution is 7.80. The van der Waals surface area contributed by atoms with Gasteiger partial charge >= 0.3 is 10.4 Å². The molecule has 0 saturated carbocycles. The van der Waals surface area contributed by atoms with Gasteiger partial charge < -0.3 is 4.74 Å². The van der Waals surface area contributed by atoms with E-state index in [1.807, 2.05) is 12.1 Å².